The van der Waals surface area contributed by atoms with E-state index in [1.54, 1.807) is 12.1 Å². The average molecular weight is 425 g/mol. The molecule has 0 N–H and O–H groups in total. The van der Waals surface area contributed by atoms with E-state index in [1.807, 2.05) is 44.2 Å². The Morgan fingerprint density at radius 3 is 2.37 bits per heavy atom. The number of sulfone groups is 1. The zero-order valence-corrected chi connectivity index (χ0v) is 18.4. The van der Waals surface area contributed by atoms with Gasteiger partial charge in [0.1, 0.15) is 10.6 Å². The third-order valence-corrected chi connectivity index (χ3v) is 7.40. The van der Waals surface area contributed by atoms with Crippen molar-refractivity contribution in [2.45, 2.75) is 49.3 Å². The predicted octanol–water partition coefficient (Wildman–Crippen LogP) is 5.16. The summed E-state index contributed by atoms with van der Waals surface area (Å²) in [5.74, 6) is 0.729. The van der Waals surface area contributed by atoms with Crippen LogP contribution >= 0.6 is 0 Å². The largest absolute Gasteiger partial charge is 0.494 e. The molecule has 5 nitrogen and oxygen atoms in total. The monoisotopic (exact) mass is 424 g/mol. The van der Waals surface area contributed by atoms with Gasteiger partial charge in [0.2, 0.25) is 9.84 Å². The highest BCUT2D eigenvalue weighted by Gasteiger charge is 2.27. The minimum atomic E-state index is -3.71. The van der Waals surface area contributed by atoms with Crippen LogP contribution in [0.1, 0.15) is 38.2 Å². The second kappa shape index (κ2) is 8.64. The summed E-state index contributed by atoms with van der Waals surface area (Å²) in [6.07, 6.45) is 5.98. The van der Waals surface area contributed by atoms with E-state index >= 15 is 0 Å². The Morgan fingerprint density at radius 2 is 1.70 bits per heavy atom. The summed E-state index contributed by atoms with van der Waals surface area (Å²) in [5, 5.41) is 0.830. The minimum absolute atomic E-state index is 0.273. The normalized spacial score (nSPS) is 15.2. The van der Waals surface area contributed by atoms with Gasteiger partial charge in [-0.15, -0.1) is 0 Å². The van der Waals surface area contributed by atoms with Crippen LogP contribution in [0.4, 0.5) is 5.69 Å². The van der Waals surface area contributed by atoms with E-state index in [0.29, 0.717) is 11.5 Å². The van der Waals surface area contributed by atoms with Gasteiger partial charge in [-0.05, 0) is 57.0 Å². The van der Waals surface area contributed by atoms with Gasteiger partial charge in [0.25, 0.3) is 0 Å². The quantitative estimate of drug-likeness (QED) is 0.566. The van der Waals surface area contributed by atoms with Crippen LogP contribution in [0.25, 0.3) is 10.9 Å². The molecular formula is C24H28N2O3S. The van der Waals surface area contributed by atoms with Crippen molar-refractivity contribution in [1.29, 1.82) is 0 Å². The van der Waals surface area contributed by atoms with Crippen LogP contribution in [0.2, 0.25) is 0 Å². The molecule has 158 valence electrons. The lowest BCUT2D eigenvalue weighted by Gasteiger charge is -2.27. The van der Waals surface area contributed by atoms with Crippen LogP contribution < -0.4 is 9.64 Å². The smallest absolute Gasteiger partial charge is 0.210 e. The van der Waals surface area contributed by atoms with E-state index in [2.05, 4.69) is 9.88 Å². The molecular weight excluding hydrogens is 396 g/mol. The second-order valence-corrected chi connectivity index (χ2v) is 9.72. The van der Waals surface area contributed by atoms with Crippen LogP contribution in [-0.4, -0.2) is 33.1 Å². The van der Waals surface area contributed by atoms with Crippen molar-refractivity contribution in [1.82, 2.24) is 4.98 Å². The lowest BCUT2D eigenvalue weighted by atomic mass is 10.1. The number of aryl methyl sites for hydroxylation is 1. The maximum atomic E-state index is 13.7. The highest BCUT2D eigenvalue weighted by Crippen LogP contribution is 2.38. The molecule has 30 heavy (non-hydrogen) atoms. The zero-order valence-electron chi connectivity index (χ0n) is 17.6. The van der Waals surface area contributed by atoms with Crippen molar-refractivity contribution >= 4 is 26.4 Å². The van der Waals surface area contributed by atoms with E-state index in [0.717, 1.165) is 53.8 Å². The highest BCUT2D eigenvalue weighted by atomic mass is 32.2. The molecule has 0 spiro atoms. The second-order valence-electron chi connectivity index (χ2n) is 7.80. The van der Waals surface area contributed by atoms with Crippen LogP contribution in [0, 0.1) is 6.92 Å². The molecule has 1 fully saturated rings. The summed E-state index contributed by atoms with van der Waals surface area (Å²) in [6.45, 7) is 6.13. The summed E-state index contributed by atoms with van der Waals surface area (Å²) < 4.78 is 33.0. The van der Waals surface area contributed by atoms with Gasteiger partial charge in [-0.2, -0.15) is 0 Å². The Kier molecular flexibility index (Phi) is 5.95. The first-order valence-electron chi connectivity index (χ1n) is 10.6. The number of hydrogen-bond acceptors (Lipinski definition) is 5. The van der Waals surface area contributed by atoms with Gasteiger partial charge in [-0.3, -0.25) is 4.98 Å². The minimum Gasteiger partial charge on any atom is -0.494 e. The number of anilines is 1. The molecule has 0 radical (unpaired) electrons. The Balaban J connectivity index is 1.95. The fraction of sp³-hybridized carbons (Fsp3) is 0.375. The molecule has 0 amide bonds. The molecule has 1 aromatic heterocycles. The van der Waals surface area contributed by atoms with Crippen molar-refractivity contribution in [3.05, 3.63) is 54.2 Å². The lowest BCUT2D eigenvalue weighted by Crippen LogP contribution is -2.26. The van der Waals surface area contributed by atoms with E-state index in [4.69, 9.17) is 4.74 Å². The van der Waals surface area contributed by atoms with E-state index < -0.39 is 9.84 Å². The predicted molar refractivity (Wildman–Crippen MR) is 120 cm³/mol. The van der Waals surface area contributed by atoms with Crippen molar-refractivity contribution in [3.63, 3.8) is 0 Å². The molecule has 1 aliphatic heterocycles. The highest BCUT2D eigenvalue weighted by molar-refractivity contribution is 7.91. The van der Waals surface area contributed by atoms with E-state index in [9.17, 15) is 8.42 Å². The summed E-state index contributed by atoms with van der Waals surface area (Å²) >= 11 is 0. The molecule has 2 heterocycles. The molecule has 3 aromatic rings. The number of rotatable bonds is 5. The van der Waals surface area contributed by atoms with Gasteiger partial charge in [-0.25, -0.2) is 8.42 Å². The van der Waals surface area contributed by atoms with Gasteiger partial charge >= 0.3 is 0 Å². The number of aromatic nitrogens is 1. The van der Waals surface area contributed by atoms with Crippen LogP contribution in [0.3, 0.4) is 0 Å². The molecule has 1 saturated heterocycles. The zero-order chi connectivity index (χ0) is 21.1. The summed E-state index contributed by atoms with van der Waals surface area (Å²) in [6, 6.07) is 12.7. The summed E-state index contributed by atoms with van der Waals surface area (Å²) in [5.41, 5.74) is 2.56. The van der Waals surface area contributed by atoms with E-state index in [-0.39, 0.29) is 4.90 Å². The Morgan fingerprint density at radius 1 is 1.00 bits per heavy atom. The molecule has 2 aromatic carbocycles. The number of nitrogens with zero attached hydrogens (tertiary/aromatic N) is 2. The number of ether oxygens (including phenoxy) is 1. The number of hydrogen-bond donors (Lipinski definition) is 0. The van der Waals surface area contributed by atoms with Crippen molar-refractivity contribution in [2.75, 3.05) is 24.6 Å². The summed E-state index contributed by atoms with van der Waals surface area (Å²) in [7, 11) is -3.71. The van der Waals surface area contributed by atoms with Crippen LogP contribution in [0.5, 0.6) is 5.75 Å². The first-order chi connectivity index (χ1) is 14.5. The van der Waals surface area contributed by atoms with Crippen molar-refractivity contribution in [3.8, 4) is 5.75 Å². The van der Waals surface area contributed by atoms with Gasteiger partial charge in [0.05, 0.1) is 22.7 Å². The fourth-order valence-corrected chi connectivity index (χ4v) is 5.49. The van der Waals surface area contributed by atoms with Crippen molar-refractivity contribution < 1.29 is 13.2 Å². The fourth-order valence-electron chi connectivity index (χ4n) is 4.06. The van der Waals surface area contributed by atoms with Gasteiger partial charge in [0.15, 0.2) is 0 Å². The molecule has 0 saturated carbocycles. The molecule has 0 bridgehead atoms. The first kappa shape index (κ1) is 20.7. The van der Waals surface area contributed by atoms with Crippen molar-refractivity contribution in [2.24, 2.45) is 0 Å². The molecule has 0 aliphatic carbocycles. The average Bonchev–Trinajstić information content (AvgIpc) is 3.03. The standard InChI is InChI=1S/C24H28N2O3S/c1-3-29-19-10-13-22-21(16-19)24(26-14-6-4-5-7-15-26)23(17-25-22)30(27,28)20-11-8-18(2)9-12-20/h8-13,16-17H,3-7,14-15H2,1-2H3. The molecule has 1 aliphatic rings. The topological polar surface area (TPSA) is 59.5 Å². The van der Waals surface area contributed by atoms with Gasteiger partial charge in [-0.1, -0.05) is 30.5 Å². The molecule has 0 unspecified atom stereocenters. The van der Waals surface area contributed by atoms with E-state index in [1.165, 1.54) is 19.0 Å². The van der Waals surface area contributed by atoms with Crippen LogP contribution in [0.15, 0.2) is 58.5 Å². The van der Waals surface area contributed by atoms with Gasteiger partial charge < -0.3 is 9.64 Å². The lowest BCUT2D eigenvalue weighted by molar-refractivity contribution is 0.340. The Labute approximate surface area is 178 Å². The maximum absolute atomic E-state index is 13.7. The third-order valence-electron chi connectivity index (χ3n) is 5.63. The number of benzene rings is 2. The Hall–Kier alpha value is -2.60. The molecule has 0 atom stereocenters. The van der Waals surface area contributed by atoms with Crippen LogP contribution in [-0.2, 0) is 9.84 Å². The first-order valence-corrected chi connectivity index (χ1v) is 12.1. The van der Waals surface area contributed by atoms with Gasteiger partial charge in [0, 0.05) is 24.7 Å². The number of pyridine rings is 1. The number of fused-ring (bicyclic) bond motifs is 1. The molecule has 4 rings (SSSR count). The maximum Gasteiger partial charge on any atom is 0.210 e. The summed E-state index contributed by atoms with van der Waals surface area (Å²) in [4.78, 5) is 7.31. The third kappa shape index (κ3) is 4.01. The Bertz CT molecular complexity index is 1130. The molecule has 6 heteroatoms. The SMILES string of the molecule is CCOc1ccc2ncc(S(=O)(=O)c3ccc(C)cc3)c(N3CCCCCC3)c2c1.